The molecule has 330 valence electrons. The number of aliphatic carboxylic acids is 6. The molecular weight excluding hydrogens is 772 g/mol. The van der Waals surface area contributed by atoms with Crippen LogP contribution in [0.3, 0.4) is 0 Å². The van der Waals surface area contributed by atoms with Gasteiger partial charge in [-0.05, 0) is 0 Å². The number of nitrogens with zero attached hydrogens (tertiary/aromatic N) is 6. The Bertz CT molecular complexity index is 1280. The van der Waals surface area contributed by atoms with E-state index in [-0.39, 0.29) is 105 Å². The predicted octanol–water partition coefficient (Wildman–Crippen LogP) is -5.74. The van der Waals surface area contributed by atoms with Gasteiger partial charge in [0.25, 0.3) is 0 Å². The highest BCUT2D eigenvalue weighted by atomic mass is 16.4. The summed E-state index contributed by atoms with van der Waals surface area (Å²) < 4.78 is 0. The first kappa shape index (κ1) is 49.6. The zero-order valence-corrected chi connectivity index (χ0v) is 32.8. The Kier molecular flexibility index (Phi) is 23.2. The number of nitrogens with one attached hydrogen (secondary N) is 4. The minimum atomic E-state index is -1.25. The van der Waals surface area contributed by atoms with Crippen molar-refractivity contribution in [1.82, 2.24) is 50.7 Å². The number of carbonyl (C=O) groups is 8. The molecule has 24 heteroatoms. The Morgan fingerprint density at radius 1 is 0.397 bits per heavy atom. The number of rotatable bonds is 19. The molecule has 58 heavy (non-hydrogen) atoms. The summed E-state index contributed by atoms with van der Waals surface area (Å²) in [4.78, 5) is 106. The molecule has 0 aliphatic carbocycles. The SMILES string of the molecule is O=C(O)CC(C(=O)NCCNC(=O)C(CC(=O)O)N1CCNCCN(CC(=O)O)CCN(CC(=O)O)CC1)N1CCNCCN(CC(=O)O)CCN(CC(=O)O)CC1. The molecule has 2 atom stereocenters. The second-order valence-corrected chi connectivity index (χ2v) is 14.1. The molecule has 2 heterocycles. The first-order valence-electron chi connectivity index (χ1n) is 19.2. The van der Waals surface area contributed by atoms with Gasteiger partial charge in [0.1, 0.15) is 0 Å². The van der Waals surface area contributed by atoms with Gasteiger partial charge < -0.3 is 51.9 Å². The molecule has 2 fully saturated rings. The first-order chi connectivity index (χ1) is 27.5. The van der Waals surface area contributed by atoms with Gasteiger partial charge in [0.2, 0.25) is 11.8 Å². The van der Waals surface area contributed by atoms with Crippen molar-refractivity contribution in [1.29, 1.82) is 0 Å². The summed E-state index contributed by atoms with van der Waals surface area (Å²) in [6, 6.07) is -2.35. The molecule has 0 bridgehead atoms. The van der Waals surface area contributed by atoms with Crippen molar-refractivity contribution in [3.05, 3.63) is 0 Å². The van der Waals surface area contributed by atoms with Crippen LogP contribution in [0.2, 0.25) is 0 Å². The predicted molar refractivity (Wildman–Crippen MR) is 203 cm³/mol. The molecule has 2 aliphatic rings. The standard InChI is InChI=1S/C34H60N10O14/c45-27(46)19-25(43-9-5-35-3-7-39(21-29(49)50)11-13-41(15-17-43)23-31(53)54)33(57)37-1-2-38-34(58)26(20-28(47)48)44-10-6-36-4-8-40(22-30(51)52)12-14-42(16-18-44)24-32(55)56/h25-26,35-36H,1-24H2,(H,37,57)(H,38,58)(H,45,46)(H,47,48)(H,49,50)(H,51,52)(H,53,54)(H,55,56). The average Bonchev–Trinajstić information content (AvgIpc) is 3.11. The van der Waals surface area contributed by atoms with Crippen LogP contribution in [0.1, 0.15) is 12.8 Å². The summed E-state index contributed by atoms with van der Waals surface area (Å²) in [5, 5.41) is 68.5. The number of amides is 2. The van der Waals surface area contributed by atoms with Gasteiger partial charge in [0, 0.05) is 118 Å². The monoisotopic (exact) mass is 832 g/mol. The smallest absolute Gasteiger partial charge is 0.317 e. The second kappa shape index (κ2) is 27.2. The maximum absolute atomic E-state index is 13.5. The van der Waals surface area contributed by atoms with Gasteiger partial charge in [0.15, 0.2) is 0 Å². The van der Waals surface area contributed by atoms with E-state index in [2.05, 4.69) is 21.3 Å². The van der Waals surface area contributed by atoms with E-state index in [4.69, 9.17) is 0 Å². The van der Waals surface area contributed by atoms with E-state index in [0.717, 1.165) is 0 Å². The fourth-order valence-electron chi connectivity index (χ4n) is 6.68. The van der Waals surface area contributed by atoms with Gasteiger partial charge in [-0.25, -0.2) is 0 Å². The first-order valence-corrected chi connectivity index (χ1v) is 19.2. The normalized spacial score (nSPS) is 19.8. The Labute approximate surface area is 336 Å². The molecule has 10 N–H and O–H groups in total. The molecule has 0 spiro atoms. The largest absolute Gasteiger partial charge is 0.481 e. The van der Waals surface area contributed by atoms with Crippen molar-refractivity contribution in [2.24, 2.45) is 0 Å². The molecule has 0 aromatic carbocycles. The molecule has 0 saturated carbocycles. The maximum Gasteiger partial charge on any atom is 0.317 e. The van der Waals surface area contributed by atoms with E-state index in [1.807, 2.05) is 0 Å². The van der Waals surface area contributed by atoms with E-state index in [1.54, 1.807) is 29.4 Å². The molecule has 2 unspecified atom stereocenters. The lowest BCUT2D eigenvalue weighted by molar-refractivity contribution is -0.142. The van der Waals surface area contributed by atoms with Crippen LogP contribution < -0.4 is 21.3 Å². The van der Waals surface area contributed by atoms with Gasteiger partial charge in [-0.1, -0.05) is 0 Å². The van der Waals surface area contributed by atoms with E-state index < -0.39 is 72.6 Å². The third-order valence-corrected chi connectivity index (χ3v) is 9.61. The molecular formula is C34H60N10O14. The summed E-state index contributed by atoms with van der Waals surface area (Å²) in [5.74, 6) is -8.07. The molecule has 2 aliphatic heterocycles. The third-order valence-electron chi connectivity index (χ3n) is 9.61. The van der Waals surface area contributed by atoms with Gasteiger partial charge in [-0.15, -0.1) is 0 Å². The van der Waals surface area contributed by atoms with Crippen LogP contribution in [-0.4, -0.2) is 264 Å². The topological polar surface area (TPSA) is 326 Å². The molecule has 0 radical (unpaired) electrons. The molecule has 0 aromatic rings. The number of carboxylic acid groups (broad SMARTS) is 6. The van der Waals surface area contributed by atoms with E-state index in [9.17, 15) is 69.0 Å². The lowest BCUT2D eigenvalue weighted by atomic mass is 10.1. The van der Waals surface area contributed by atoms with Gasteiger partial charge >= 0.3 is 35.8 Å². The fourth-order valence-corrected chi connectivity index (χ4v) is 6.68. The van der Waals surface area contributed by atoms with Crippen LogP contribution >= 0.6 is 0 Å². The van der Waals surface area contributed by atoms with Gasteiger partial charge in [0.05, 0.1) is 51.1 Å². The summed E-state index contributed by atoms with van der Waals surface area (Å²) in [6.07, 6.45) is -1.16. The minimum absolute atomic E-state index is 0.113. The van der Waals surface area contributed by atoms with E-state index in [0.29, 0.717) is 39.3 Å². The number of carbonyl (C=O) groups excluding carboxylic acids is 2. The summed E-state index contributed by atoms with van der Waals surface area (Å²) in [5.41, 5.74) is 0. The highest BCUT2D eigenvalue weighted by molar-refractivity contribution is 5.87. The summed E-state index contributed by atoms with van der Waals surface area (Å²) in [7, 11) is 0. The zero-order valence-electron chi connectivity index (χ0n) is 32.8. The van der Waals surface area contributed by atoms with Crippen molar-refractivity contribution in [2.75, 3.05) is 144 Å². The van der Waals surface area contributed by atoms with Gasteiger partial charge in [-0.2, -0.15) is 0 Å². The van der Waals surface area contributed by atoms with E-state index >= 15 is 0 Å². The van der Waals surface area contributed by atoms with Crippen molar-refractivity contribution < 1.29 is 69.0 Å². The van der Waals surface area contributed by atoms with Crippen LogP contribution in [-0.2, 0) is 38.4 Å². The molecule has 24 nitrogen and oxygen atoms in total. The Hall–Kier alpha value is -4.56. The fraction of sp³-hybridized carbons (Fsp3) is 0.765. The number of hydrogen-bond acceptors (Lipinski definition) is 16. The third kappa shape index (κ3) is 21.3. The molecule has 2 amide bonds. The zero-order chi connectivity index (χ0) is 43.0. The van der Waals surface area contributed by atoms with Crippen LogP contribution in [0, 0.1) is 0 Å². The highest BCUT2D eigenvalue weighted by Crippen LogP contribution is 2.09. The maximum atomic E-state index is 13.5. The van der Waals surface area contributed by atoms with Crippen molar-refractivity contribution in [2.45, 2.75) is 24.9 Å². The van der Waals surface area contributed by atoms with Crippen LogP contribution in [0.5, 0.6) is 0 Å². The lowest BCUT2D eigenvalue weighted by Crippen LogP contribution is -2.55. The van der Waals surface area contributed by atoms with Crippen molar-refractivity contribution in [3.63, 3.8) is 0 Å². The average molecular weight is 833 g/mol. The number of hydrogen-bond donors (Lipinski definition) is 10. The van der Waals surface area contributed by atoms with Crippen LogP contribution in [0.15, 0.2) is 0 Å². The Morgan fingerprint density at radius 2 is 0.672 bits per heavy atom. The van der Waals surface area contributed by atoms with Crippen LogP contribution in [0.25, 0.3) is 0 Å². The van der Waals surface area contributed by atoms with Crippen molar-refractivity contribution >= 4 is 47.6 Å². The lowest BCUT2D eigenvalue weighted by Gasteiger charge is -2.34. The molecule has 2 rings (SSSR count). The van der Waals surface area contributed by atoms with Crippen LogP contribution in [0.4, 0.5) is 0 Å². The molecule has 0 aromatic heterocycles. The minimum Gasteiger partial charge on any atom is -0.481 e. The summed E-state index contributed by atoms with van der Waals surface area (Å²) in [6.45, 7) is 2.57. The summed E-state index contributed by atoms with van der Waals surface area (Å²) >= 11 is 0. The van der Waals surface area contributed by atoms with Gasteiger partial charge in [-0.3, -0.25) is 67.8 Å². The van der Waals surface area contributed by atoms with Crippen molar-refractivity contribution in [3.8, 4) is 0 Å². The Balaban J connectivity index is 2.11. The Morgan fingerprint density at radius 3 is 0.966 bits per heavy atom. The highest BCUT2D eigenvalue weighted by Gasteiger charge is 2.31. The van der Waals surface area contributed by atoms with E-state index in [1.165, 1.54) is 0 Å². The second-order valence-electron chi connectivity index (χ2n) is 14.1. The quantitative estimate of drug-likeness (QED) is 0.0542. The molecule has 2 saturated heterocycles. The number of carboxylic acids is 6.